The van der Waals surface area contributed by atoms with Crippen molar-refractivity contribution < 1.29 is 0 Å². The summed E-state index contributed by atoms with van der Waals surface area (Å²) in [5, 5.41) is 1.23. The Balaban J connectivity index is 2.23. The largest absolute Gasteiger partial charge is 0.330 e. The third-order valence-electron chi connectivity index (χ3n) is 2.83. The van der Waals surface area contributed by atoms with Crippen LogP contribution < -0.4 is 5.73 Å². The van der Waals surface area contributed by atoms with Crippen molar-refractivity contribution in [2.24, 2.45) is 5.73 Å². The van der Waals surface area contributed by atoms with Crippen LogP contribution in [0.1, 0.15) is 30.7 Å². The van der Waals surface area contributed by atoms with Gasteiger partial charge in [-0.1, -0.05) is 40.9 Å². The summed E-state index contributed by atoms with van der Waals surface area (Å²) >= 11 is 11.9. The molecule has 1 nitrogen and oxygen atoms in total. The SMILES string of the molecule is NCCC(C=C1CC1)c1ccc(Cl)c(Cl)c1. The molecular formula is C13H15Cl2N. The highest BCUT2D eigenvalue weighted by atomic mass is 35.5. The molecule has 1 aromatic rings. The summed E-state index contributed by atoms with van der Waals surface area (Å²) in [7, 11) is 0. The van der Waals surface area contributed by atoms with Gasteiger partial charge in [0, 0.05) is 5.92 Å². The van der Waals surface area contributed by atoms with Crippen LogP contribution in [0.25, 0.3) is 0 Å². The van der Waals surface area contributed by atoms with Crippen LogP contribution in [-0.4, -0.2) is 6.54 Å². The number of nitrogens with two attached hydrogens (primary N) is 1. The van der Waals surface area contributed by atoms with Gasteiger partial charge < -0.3 is 5.73 Å². The molecule has 0 heterocycles. The van der Waals surface area contributed by atoms with Crippen LogP contribution in [0.15, 0.2) is 29.8 Å². The number of hydrogen-bond donors (Lipinski definition) is 1. The number of halogens is 2. The molecule has 1 fully saturated rings. The molecule has 2 rings (SSSR count). The Labute approximate surface area is 106 Å². The summed E-state index contributed by atoms with van der Waals surface area (Å²) in [6.45, 7) is 0.689. The lowest BCUT2D eigenvalue weighted by Crippen LogP contribution is -2.05. The highest BCUT2D eigenvalue weighted by Gasteiger charge is 2.16. The fourth-order valence-corrected chi connectivity index (χ4v) is 2.10. The van der Waals surface area contributed by atoms with E-state index >= 15 is 0 Å². The molecule has 0 bridgehead atoms. The topological polar surface area (TPSA) is 26.0 Å². The lowest BCUT2D eigenvalue weighted by molar-refractivity contribution is 0.746. The zero-order valence-corrected chi connectivity index (χ0v) is 10.6. The molecular weight excluding hydrogens is 241 g/mol. The third-order valence-corrected chi connectivity index (χ3v) is 3.56. The minimum Gasteiger partial charge on any atom is -0.330 e. The highest BCUT2D eigenvalue weighted by molar-refractivity contribution is 6.42. The average Bonchev–Trinajstić information content (AvgIpc) is 3.05. The van der Waals surface area contributed by atoms with Crippen molar-refractivity contribution in [2.45, 2.75) is 25.2 Å². The molecule has 0 saturated heterocycles. The van der Waals surface area contributed by atoms with Crippen LogP contribution in [0.5, 0.6) is 0 Å². The predicted molar refractivity (Wildman–Crippen MR) is 70.2 cm³/mol. The summed E-state index contributed by atoms with van der Waals surface area (Å²) in [4.78, 5) is 0. The Kier molecular flexibility index (Phi) is 3.91. The van der Waals surface area contributed by atoms with Crippen LogP contribution in [0.2, 0.25) is 10.0 Å². The molecule has 86 valence electrons. The van der Waals surface area contributed by atoms with E-state index in [-0.39, 0.29) is 0 Å². The molecule has 1 unspecified atom stereocenters. The minimum absolute atomic E-state index is 0.386. The van der Waals surface area contributed by atoms with E-state index in [1.807, 2.05) is 18.2 Å². The monoisotopic (exact) mass is 255 g/mol. The lowest BCUT2D eigenvalue weighted by atomic mass is 9.95. The van der Waals surface area contributed by atoms with Crippen molar-refractivity contribution in [3.05, 3.63) is 45.5 Å². The molecule has 0 aromatic heterocycles. The van der Waals surface area contributed by atoms with E-state index in [0.29, 0.717) is 22.5 Å². The van der Waals surface area contributed by atoms with E-state index in [1.54, 1.807) is 0 Å². The first-order valence-corrected chi connectivity index (χ1v) is 6.31. The van der Waals surface area contributed by atoms with Crippen molar-refractivity contribution >= 4 is 23.2 Å². The molecule has 0 amide bonds. The molecule has 16 heavy (non-hydrogen) atoms. The second-order valence-electron chi connectivity index (χ2n) is 4.18. The van der Waals surface area contributed by atoms with Gasteiger partial charge in [-0.15, -0.1) is 0 Å². The molecule has 2 N–H and O–H groups in total. The minimum atomic E-state index is 0.386. The average molecular weight is 256 g/mol. The molecule has 0 radical (unpaired) electrons. The number of allylic oxidation sites excluding steroid dienone is 2. The van der Waals surface area contributed by atoms with E-state index in [0.717, 1.165) is 6.42 Å². The van der Waals surface area contributed by atoms with Gasteiger partial charge in [-0.3, -0.25) is 0 Å². The smallest absolute Gasteiger partial charge is 0.0595 e. The zero-order chi connectivity index (χ0) is 11.5. The number of rotatable bonds is 4. The fraction of sp³-hybridized carbons (Fsp3) is 0.385. The van der Waals surface area contributed by atoms with Crippen LogP contribution in [-0.2, 0) is 0 Å². The standard InChI is InChI=1S/C13H15Cl2N/c14-12-4-3-10(8-13(12)15)11(5-6-16)7-9-1-2-9/h3-4,7-8,11H,1-2,5-6,16H2. The molecule has 0 spiro atoms. The summed E-state index contributed by atoms with van der Waals surface area (Å²) < 4.78 is 0. The molecule has 1 saturated carbocycles. The van der Waals surface area contributed by atoms with Gasteiger partial charge in [0.1, 0.15) is 0 Å². The normalized spacial score (nSPS) is 16.1. The van der Waals surface area contributed by atoms with Gasteiger partial charge in [0.05, 0.1) is 10.0 Å². The third kappa shape index (κ3) is 3.00. The molecule has 1 aliphatic rings. The molecule has 1 atom stereocenters. The number of benzene rings is 1. The van der Waals surface area contributed by atoms with Gasteiger partial charge >= 0.3 is 0 Å². The predicted octanol–water partition coefficient (Wildman–Crippen LogP) is 4.15. The fourth-order valence-electron chi connectivity index (χ4n) is 1.79. The molecule has 0 aliphatic heterocycles. The van der Waals surface area contributed by atoms with Crippen molar-refractivity contribution in [3.63, 3.8) is 0 Å². The van der Waals surface area contributed by atoms with Crippen molar-refractivity contribution in [1.29, 1.82) is 0 Å². The van der Waals surface area contributed by atoms with Gasteiger partial charge in [-0.25, -0.2) is 0 Å². The van der Waals surface area contributed by atoms with Crippen LogP contribution >= 0.6 is 23.2 Å². The Hall–Kier alpha value is -0.500. The van der Waals surface area contributed by atoms with Gasteiger partial charge in [-0.05, 0) is 43.5 Å². The van der Waals surface area contributed by atoms with Gasteiger partial charge in [-0.2, -0.15) is 0 Å². The van der Waals surface area contributed by atoms with E-state index in [9.17, 15) is 0 Å². The zero-order valence-electron chi connectivity index (χ0n) is 9.05. The van der Waals surface area contributed by atoms with Gasteiger partial charge in [0.15, 0.2) is 0 Å². The number of hydrogen-bond acceptors (Lipinski definition) is 1. The maximum absolute atomic E-state index is 6.03. The van der Waals surface area contributed by atoms with Gasteiger partial charge in [0.25, 0.3) is 0 Å². The van der Waals surface area contributed by atoms with Crippen LogP contribution in [0, 0.1) is 0 Å². The second-order valence-corrected chi connectivity index (χ2v) is 5.00. The van der Waals surface area contributed by atoms with Crippen molar-refractivity contribution in [1.82, 2.24) is 0 Å². The second kappa shape index (κ2) is 5.22. The van der Waals surface area contributed by atoms with Crippen molar-refractivity contribution in [2.75, 3.05) is 6.54 Å². The highest BCUT2D eigenvalue weighted by Crippen LogP contribution is 2.35. The Morgan fingerprint density at radius 3 is 2.56 bits per heavy atom. The maximum Gasteiger partial charge on any atom is 0.0595 e. The molecule has 1 aromatic carbocycles. The van der Waals surface area contributed by atoms with E-state index < -0.39 is 0 Å². The summed E-state index contributed by atoms with van der Waals surface area (Å²) in [6.07, 6.45) is 5.76. The van der Waals surface area contributed by atoms with Crippen LogP contribution in [0.4, 0.5) is 0 Å². The maximum atomic E-state index is 6.03. The first-order chi connectivity index (χ1) is 7.70. The Morgan fingerprint density at radius 1 is 1.25 bits per heavy atom. The first kappa shape index (κ1) is 12.0. The first-order valence-electron chi connectivity index (χ1n) is 5.55. The molecule has 3 heteroatoms. The van der Waals surface area contributed by atoms with E-state index in [1.165, 1.54) is 24.0 Å². The lowest BCUT2D eigenvalue weighted by Gasteiger charge is -2.12. The van der Waals surface area contributed by atoms with Crippen LogP contribution in [0.3, 0.4) is 0 Å². The van der Waals surface area contributed by atoms with E-state index in [4.69, 9.17) is 28.9 Å². The van der Waals surface area contributed by atoms with E-state index in [2.05, 4.69) is 6.08 Å². The summed E-state index contributed by atoms with van der Waals surface area (Å²) in [5.41, 5.74) is 8.38. The molecule has 1 aliphatic carbocycles. The summed E-state index contributed by atoms with van der Waals surface area (Å²) in [6, 6.07) is 5.84. The Bertz CT molecular complexity index is 406. The quantitative estimate of drug-likeness (QED) is 0.805. The Morgan fingerprint density at radius 2 is 2.00 bits per heavy atom. The summed E-state index contributed by atoms with van der Waals surface area (Å²) in [5.74, 6) is 0.386. The van der Waals surface area contributed by atoms with Gasteiger partial charge in [0.2, 0.25) is 0 Å². The van der Waals surface area contributed by atoms with Crippen molar-refractivity contribution in [3.8, 4) is 0 Å².